The Morgan fingerprint density at radius 2 is 1.70 bits per heavy atom. The van der Waals surface area contributed by atoms with Gasteiger partial charge in [-0.1, -0.05) is 6.92 Å². The maximum Gasteiger partial charge on any atom is 0.404 e. The molecule has 1 unspecified atom stereocenters. The number of hydrogen-bond donors (Lipinski definition) is 1. The largest absolute Gasteiger partial charge is 0.404 e. The molecule has 0 aromatic carbocycles. The van der Waals surface area contributed by atoms with Crippen molar-refractivity contribution in [2.24, 2.45) is 17.1 Å². The minimum Gasteiger partial charge on any atom is -0.341 e. The van der Waals surface area contributed by atoms with Gasteiger partial charge in [0.05, 0.1) is 0 Å². The second kappa shape index (κ2) is 5.97. The highest BCUT2D eigenvalue weighted by molar-refractivity contribution is 5.85. The minimum atomic E-state index is -5.44. The Balaban J connectivity index is 0.00000361. The summed E-state index contributed by atoms with van der Waals surface area (Å²) in [6.07, 6.45) is -12.0. The Bertz CT molecular complexity index is 343. The van der Waals surface area contributed by atoms with Gasteiger partial charge in [0.2, 0.25) is 5.91 Å². The van der Waals surface area contributed by atoms with E-state index in [1.54, 1.807) is 0 Å². The van der Waals surface area contributed by atoms with E-state index in [9.17, 15) is 31.1 Å². The Morgan fingerprint density at radius 1 is 1.25 bits per heavy atom. The zero-order valence-corrected chi connectivity index (χ0v) is 11.3. The van der Waals surface area contributed by atoms with Crippen molar-refractivity contribution in [2.45, 2.75) is 25.7 Å². The summed E-state index contributed by atoms with van der Waals surface area (Å²) in [7, 11) is 0. The van der Waals surface area contributed by atoms with Crippen LogP contribution in [0.15, 0.2) is 0 Å². The Hall–Kier alpha value is -0.700. The molecule has 1 fully saturated rings. The average Bonchev–Trinajstić information content (AvgIpc) is 2.71. The first-order valence-corrected chi connectivity index (χ1v) is 5.58. The standard InChI is InChI=1S/C10H14F6N2O.ClH/c1-6(4-17)7(19)18-3-2-8(5-18,9(11,12)13)10(14,15)16;/h6H,2-5,17H2,1H3;1H. The van der Waals surface area contributed by atoms with Crippen LogP contribution in [0, 0.1) is 11.3 Å². The van der Waals surface area contributed by atoms with E-state index in [0.717, 1.165) is 0 Å². The van der Waals surface area contributed by atoms with Crippen LogP contribution in [-0.2, 0) is 4.79 Å². The summed E-state index contributed by atoms with van der Waals surface area (Å²) in [5.41, 5.74) is 1.36. The highest BCUT2D eigenvalue weighted by atomic mass is 35.5. The first kappa shape index (κ1) is 19.3. The van der Waals surface area contributed by atoms with Crippen LogP contribution in [0.1, 0.15) is 13.3 Å². The third kappa shape index (κ3) is 3.13. The van der Waals surface area contributed by atoms with Gasteiger partial charge in [-0.3, -0.25) is 4.79 Å². The Morgan fingerprint density at radius 3 is 2.00 bits per heavy atom. The number of nitrogens with zero attached hydrogens (tertiary/aromatic N) is 1. The second-order valence-corrected chi connectivity index (χ2v) is 4.72. The van der Waals surface area contributed by atoms with E-state index in [-0.39, 0.29) is 19.0 Å². The summed E-state index contributed by atoms with van der Waals surface area (Å²) in [6.45, 7) is -0.713. The number of amides is 1. The molecule has 1 aliphatic rings. The molecular weight excluding hydrogens is 314 g/mol. The van der Waals surface area contributed by atoms with E-state index in [1.807, 2.05) is 0 Å². The van der Waals surface area contributed by atoms with Crippen molar-refractivity contribution >= 4 is 18.3 Å². The van der Waals surface area contributed by atoms with Gasteiger partial charge in [-0.15, -0.1) is 12.4 Å². The molecular formula is C10H15ClF6N2O. The van der Waals surface area contributed by atoms with Crippen molar-refractivity contribution in [2.75, 3.05) is 19.6 Å². The van der Waals surface area contributed by atoms with Crippen LogP contribution in [0.4, 0.5) is 26.3 Å². The van der Waals surface area contributed by atoms with Crippen molar-refractivity contribution in [1.82, 2.24) is 4.90 Å². The van der Waals surface area contributed by atoms with Crippen LogP contribution in [0.25, 0.3) is 0 Å². The minimum absolute atomic E-state index is 0. The van der Waals surface area contributed by atoms with Gasteiger partial charge >= 0.3 is 12.4 Å². The molecule has 1 rings (SSSR count). The van der Waals surface area contributed by atoms with Gasteiger partial charge in [-0.05, 0) is 6.42 Å². The fourth-order valence-electron chi connectivity index (χ4n) is 2.03. The fraction of sp³-hybridized carbons (Fsp3) is 0.900. The molecule has 1 aliphatic heterocycles. The van der Waals surface area contributed by atoms with Gasteiger partial charge in [-0.2, -0.15) is 26.3 Å². The van der Waals surface area contributed by atoms with Crippen LogP contribution < -0.4 is 5.73 Å². The molecule has 10 heteroatoms. The van der Waals surface area contributed by atoms with E-state index >= 15 is 0 Å². The monoisotopic (exact) mass is 328 g/mol. The lowest BCUT2D eigenvalue weighted by molar-refractivity contribution is -0.334. The topological polar surface area (TPSA) is 46.3 Å². The van der Waals surface area contributed by atoms with Crippen LogP contribution in [0.5, 0.6) is 0 Å². The van der Waals surface area contributed by atoms with Crippen LogP contribution in [0.3, 0.4) is 0 Å². The van der Waals surface area contributed by atoms with E-state index in [2.05, 4.69) is 0 Å². The predicted molar refractivity (Wildman–Crippen MR) is 61.2 cm³/mol. The normalized spacial score (nSPS) is 20.5. The van der Waals surface area contributed by atoms with Crippen molar-refractivity contribution in [3.05, 3.63) is 0 Å². The lowest BCUT2D eigenvalue weighted by atomic mass is 9.85. The molecule has 0 radical (unpaired) electrons. The number of likely N-dealkylation sites (tertiary alicyclic amines) is 1. The fourth-order valence-corrected chi connectivity index (χ4v) is 2.03. The van der Waals surface area contributed by atoms with Gasteiger partial charge in [0.15, 0.2) is 5.41 Å². The number of carbonyl (C=O) groups excluding carboxylic acids is 1. The van der Waals surface area contributed by atoms with E-state index in [1.165, 1.54) is 6.92 Å². The van der Waals surface area contributed by atoms with Crippen LogP contribution >= 0.6 is 12.4 Å². The van der Waals surface area contributed by atoms with E-state index in [0.29, 0.717) is 4.90 Å². The summed E-state index contributed by atoms with van der Waals surface area (Å²) >= 11 is 0. The quantitative estimate of drug-likeness (QED) is 0.791. The first-order valence-electron chi connectivity index (χ1n) is 5.58. The average molecular weight is 329 g/mol. The van der Waals surface area contributed by atoms with Gasteiger partial charge in [0.1, 0.15) is 0 Å². The number of halogens is 7. The Kier molecular flexibility index (Phi) is 5.76. The number of hydrogen-bond acceptors (Lipinski definition) is 2. The van der Waals surface area contributed by atoms with Crippen molar-refractivity contribution in [3.63, 3.8) is 0 Å². The van der Waals surface area contributed by atoms with Gasteiger partial charge in [0.25, 0.3) is 0 Å². The van der Waals surface area contributed by atoms with Crippen molar-refractivity contribution in [3.8, 4) is 0 Å². The smallest absolute Gasteiger partial charge is 0.341 e. The van der Waals surface area contributed by atoms with Gasteiger partial charge in [-0.25, -0.2) is 0 Å². The SMILES string of the molecule is CC(CN)C(=O)N1CCC(C(F)(F)F)(C(F)(F)F)C1.Cl. The third-order valence-corrected chi connectivity index (χ3v) is 3.44. The summed E-state index contributed by atoms with van der Waals surface area (Å²) in [5, 5.41) is 0. The third-order valence-electron chi connectivity index (χ3n) is 3.44. The molecule has 0 aliphatic carbocycles. The molecule has 0 saturated carbocycles. The molecule has 20 heavy (non-hydrogen) atoms. The number of alkyl halides is 6. The molecule has 1 atom stereocenters. The highest BCUT2D eigenvalue weighted by Gasteiger charge is 2.72. The molecule has 0 aromatic heterocycles. The summed E-state index contributed by atoms with van der Waals surface area (Å²) in [6, 6.07) is 0. The maximum atomic E-state index is 12.7. The van der Waals surface area contributed by atoms with Gasteiger partial charge in [0, 0.05) is 25.6 Å². The van der Waals surface area contributed by atoms with E-state index in [4.69, 9.17) is 5.73 Å². The summed E-state index contributed by atoms with van der Waals surface area (Å²) in [4.78, 5) is 12.2. The van der Waals surface area contributed by atoms with Crippen LogP contribution in [-0.4, -0.2) is 42.8 Å². The lowest BCUT2D eigenvalue weighted by Crippen LogP contribution is -2.52. The molecule has 120 valence electrons. The number of nitrogens with two attached hydrogens (primary N) is 1. The maximum absolute atomic E-state index is 12.7. The van der Waals surface area contributed by atoms with Crippen molar-refractivity contribution in [1.29, 1.82) is 0 Å². The molecule has 0 spiro atoms. The zero-order valence-electron chi connectivity index (χ0n) is 10.5. The molecule has 2 N–H and O–H groups in total. The molecule has 3 nitrogen and oxygen atoms in total. The zero-order chi connectivity index (χ0) is 15.1. The highest BCUT2D eigenvalue weighted by Crippen LogP contribution is 2.55. The number of rotatable bonds is 2. The Labute approximate surface area is 117 Å². The molecule has 1 saturated heterocycles. The molecule has 1 heterocycles. The molecule has 0 aromatic rings. The summed E-state index contributed by atoms with van der Waals surface area (Å²) < 4.78 is 76.5. The second-order valence-electron chi connectivity index (χ2n) is 4.72. The lowest BCUT2D eigenvalue weighted by Gasteiger charge is -2.33. The molecule has 1 amide bonds. The molecule has 0 bridgehead atoms. The summed E-state index contributed by atoms with van der Waals surface area (Å²) in [5.74, 6) is -1.57. The van der Waals surface area contributed by atoms with Crippen LogP contribution in [0.2, 0.25) is 0 Å². The first-order chi connectivity index (χ1) is 8.46. The number of carbonyl (C=O) groups is 1. The van der Waals surface area contributed by atoms with Gasteiger partial charge < -0.3 is 10.6 Å². The van der Waals surface area contributed by atoms with Crippen molar-refractivity contribution < 1.29 is 31.1 Å². The predicted octanol–water partition coefficient (Wildman–Crippen LogP) is 2.35. The van der Waals surface area contributed by atoms with E-state index < -0.39 is 49.1 Å².